The molecule has 4 heterocycles. The Bertz CT molecular complexity index is 1810. The highest BCUT2D eigenvalue weighted by Gasteiger charge is 2.42. The van der Waals surface area contributed by atoms with Crippen molar-refractivity contribution in [2.45, 2.75) is 64.7 Å². The summed E-state index contributed by atoms with van der Waals surface area (Å²) in [5.41, 5.74) is 7.04. The quantitative estimate of drug-likeness (QED) is 0.227. The summed E-state index contributed by atoms with van der Waals surface area (Å²) in [7, 11) is 0. The maximum atomic E-state index is 13.8. The molecule has 0 bridgehead atoms. The molecule has 0 atom stereocenters. The molecule has 5 aromatic rings. The lowest BCUT2D eigenvalue weighted by Crippen LogP contribution is -2.44. The molecule has 0 N–H and O–H groups in total. The zero-order valence-corrected chi connectivity index (χ0v) is 23.0. The van der Waals surface area contributed by atoms with Crippen LogP contribution in [0.3, 0.4) is 0 Å². The highest BCUT2D eigenvalue weighted by atomic mass is 32.1. The van der Waals surface area contributed by atoms with E-state index < -0.39 is 0 Å². The summed E-state index contributed by atoms with van der Waals surface area (Å²) in [5.74, 6) is 0. The Hall–Kier alpha value is -3.18. The minimum atomic E-state index is -0.271. The highest BCUT2D eigenvalue weighted by Crippen LogP contribution is 2.52. The van der Waals surface area contributed by atoms with Crippen molar-refractivity contribution in [2.75, 3.05) is 18.0 Å². The van der Waals surface area contributed by atoms with Gasteiger partial charge in [-0.3, -0.25) is 0 Å². The zero-order chi connectivity index (χ0) is 25.7. The molecule has 2 aliphatic rings. The van der Waals surface area contributed by atoms with Crippen LogP contribution in [-0.4, -0.2) is 18.1 Å². The predicted molar refractivity (Wildman–Crippen MR) is 155 cm³/mol. The lowest BCUT2D eigenvalue weighted by molar-refractivity contribution is 0.398. The maximum Gasteiger partial charge on any atom is 0.346 e. The van der Waals surface area contributed by atoms with Gasteiger partial charge in [0, 0.05) is 35.1 Å². The number of aryl methyl sites for hydroxylation is 1. The Kier molecular flexibility index (Phi) is 4.76. The van der Waals surface area contributed by atoms with Crippen molar-refractivity contribution >= 4 is 49.0 Å². The number of hydrogen-bond donors (Lipinski definition) is 0. The molecule has 37 heavy (non-hydrogen) atoms. The van der Waals surface area contributed by atoms with Crippen LogP contribution in [0.25, 0.3) is 42.5 Å². The lowest BCUT2D eigenvalue weighted by Gasteiger charge is -2.48. The monoisotopic (exact) mass is 508 g/mol. The van der Waals surface area contributed by atoms with Gasteiger partial charge in [-0.1, -0.05) is 65.0 Å². The molecular weight excluding hydrogens is 476 g/mol. The van der Waals surface area contributed by atoms with E-state index in [1.807, 2.05) is 0 Å². The Morgan fingerprint density at radius 2 is 1.76 bits per heavy atom. The molecule has 7 rings (SSSR count). The summed E-state index contributed by atoms with van der Waals surface area (Å²) >= 11 is 1.60. The minimum absolute atomic E-state index is 0.0647. The first kappa shape index (κ1) is 23.0. The van der Waals surface area contributed by atoms with E-state index in [0.29, 0.717) is 5.56 Å². The Balaban J connectivity index is 1.58. The van der Waals surface area contributed by atoms with E-state index >= 15 is 0 Å². The topological polar surface area (TPSA) is 46.3 Å². The number of thiazole rings is 1. The normalized spacial score (nSPS) is 18.0. The average Bonchev–Trinajstić information content (AvgIpc) is 3.30. The van der Waals surface area contributed by atoms with Crippen molar-refractivity contribution in [3.05, 3.63) is 69.6 Å². The van der Waals surface area contributed by atoms with Crippen LogP contribution in [0.15, 0.2) is 51.7 Å². The number of rotatable bonds is 2. The van der Waals surface area contributed by atoms with Crippen molar-refractivity contribution in [1.82, 2.24) is 4.98 Å². The van der Waals surface area contributed by atoms with Gasteiger partial charge in [0.05, 0.1) is 15.8 Å². The molecular formula is C32H32N2O2S. The minimum Gasteiger partial charge on any atom is -0.422 e. The standard InChI is InChI=1S/C32H32N2O2S/c1-6-19-21-17-22-26-25(32(4,5)14-16-34(26)15-13-31(22,2)3)27(21)36-30(35)24(19)29-33-23-12-11-18-9-7-8-10-20(18)28(23)37-29/h7-12,17H,6,13-16H2,1-5H3. The molecule has 0 amide bonds. The second-order valence-corrected chi connectivity index (χ2v) is 13.0. The van der Waals surface area contributed by atoms with Gasteiger partial charge in [-0.2, -0.15) is 0 Å². The summed E-state index contributed by atoms with van der Waals surface area (Å²) in [4.78, 5) is 21.3. The first-order chi connectivity index (χ1) is 17.7. The van der Waals surface area contributed by atoms with Crippen LogP contribution in [-0.2, 0) is 17.3 Å². The summed E-state index contributed by atoms with van der Waals surface area (Å²) < 4.78 is 7.45. The van der Waals surface area contributed by atoms with E-state index in [-0.39, 0.29) is 16.5 Å². The van der Waals surface area contributed by atoms with E-state index in [4.69, 9.17) is 9.40 Å². The Morgan fingerprint density at radius 3 is 2.54 bits per heavy atom. The molecule has 0 unspecified atom stereocenters. The maximum absolute atomic E-state index is 13.8. The summed E-state index contributed by atoms with van der Waals surface area (Å²) in [6, 6.07) is 14.9. The van der Waals surface area contributed by atoms with Crippen molar-refractivity contribution in [3.8, 4) is 10.6 Å². The molecule has 0 aliphatic carbocycles. The van der Waals surface area contributed by atoms with E-state index in [9.17, 15) is 4.79 Å². The third kappa shape index (κ3) is 3.19. The van der Waals surface area contributed by atoms with Gasteiger partial charge in [0.2, 0.25) is 0 Å². The summed E-state index contributed by atoms with van der Waals surface area (Å²) in [6.07, 6.45) is 2.93. The van der Waals surface area contributed by atoms with Crippen LogP contribution in [0.1, 0.15) is 64.2 Å². The number of fused-ring (bicyclic) bond motifs is 5. The smallest absolute Gasteiger partial charge is 0.346 e. The number of hydrogen-bond acceptors (Lipinski definition) is 5. The first-order valence-corrected chi connectivity index (χ1v) is 14.2. The molecule has 0 radical (unpaired) electrons. The third-order valence-corrected chi connectivity index (χ3v) is 9.98. The average molecular weight is 509 g/mol. The predicted octanol–water partition coefficient (Wildman–Crippen LogP) is 7.95. The molecule has 4 nitrogen and oxygen atoms in total. The second-order valence-electron chi connectivity index (χ2n) is 12.0. The van der Waals surface area contributed by atoms with Gasteiger partial charge in [0.25, 0.3) is 0 Å². The molecule has 2 aliphatic heterocycles. The van der Waals surface area contributed by atoms with Gasteiger partial charge in [-0.15, -0.1) is 11.3 Å². The highest BCUT2D eigenvalue weighted by molar-refractivity contribution is 7.22. The van der Waals surface area contributed by atoms with Crippen molar-refractivity contribution in [2.24, 2.45) is 0 Å². The van der Waals surface area contributed by atoms with Crippen LogP contribution >= 0.6 is 11.3 Å². The Morgan fingerprint density at radius 1 is 1.00 bits per heavy atom. The van der Waals surface area contributed by atoms with Gasteiger partial charge in [0.15, 0.2) is 0 Å². The van der Waals surface area contributed by atoms with E-state index in [0.717, 1.165) is 64.1 Å². The van der Waals surface area contributed by atoms with Crippen molar-refractivity contribution < 1.29 is 4.42 Å². The molecule has 0 fully saturated rings. The SMILES string of the molecule is CCc1c(-c2nc3ccc4ccccc4c3s2)c(=O)oc2c3c4c(cc12)C(C)(C)CCN4CCC3(C)C. The summed E-state index contributed by atoms with van der Waals surface area (Å²) in [5, 5.41) is 4.20. The van der Waals surface area contributed by atoms with Crippen LogP contribution in [0.4, 0.5) is 5.69 Å². The molecule has 0 saturated heterocycles. The van der Waals surface area contributed by atoms with Gasteiger partial charge in [0.1, 0.15) is 10.6 Å². The van der Waals surface area contributed by atoms with Crippen LogP contribution in [0.2, 0.25) is 0 Å². The Labute approximate surface area is 220 Å². The zero-order valence-electron chi connectivity index (χ0n) is 22.2. The van der Waals surface area contributed by atoms with E-state index in [1.165, 1.54) is 27.6 Å². The number of anilines is 1. The molecule has 188 valence electrons. The van der Waals surface area contributed by atoms with Gasteiger partial charge in [-0.25, -0.2) is 9.78 Å². The van der Waals surface area contributed by atoms with Gasteiger partial charge in [-0.05, 0) is 58.7 Å². The van der Waals surface area contributed by atoms with Crippen LogP contribution < -0.4 is 10.5 Å². The molecule has 2 aromatic heterocycles. The van der Waals surface area contributed by atoms with Crippen molar-refractivity contribution in [1.29, 1.82) is 0 Å². The van der Waals surface area contributed by atoms with Gasteiger partial charge < -0.3 is 9.32 Å². The fourth-order valence-electron chi connectivity index (χ4n) is 6.63. The van der Waals surface area contributed by atoms with E-state index in [1.54, 1.807) is 11.3 Å². The first-order valence-electron chi connectivity index (χ1n) is 13.4. The van der Waals surface area contributed by atoms with E-state index in [2.05, 4.69) is 82.0 Å². The van der Waals surface area contributed by atoms with Crippen LogP contribution in [0, 0.1) is 0 Å². The molecule has 0 spiro atoms. The largest absolute Gasteiger partial charge is 0.422 e. The second kappa shape index (κ2) is 7.67. The third-order valence-electron chi connectivity index (χ3n) is 8.86. The van der Waals surface area contributed by atoms with Crippen molar-refractivity contribution in [3.63, 3.8) is 0 Å². The lowest BCUT2D eigenvalue weighted by atomic mass is 9.69. The summed E-state index contributed by atoms with van der Waals surface area (Å²) in [6.45, 7) is 13.6. The molecule has 0 saturated carbocycles. The fourth-order valence-corrected chi connectivity index (χ4v) is 7.79. The molecule has 3 aromatic carbocycles. The van der Waals surface area contributed by atoms with Crippen LogP contribution in [0.5, 0.6) is 0 Å². The fraction of sp³-hybridized carbons (Fsp3) is 0.375. The van der Waals surface area contributed by atoms with Gasteiger partial charge >= 0.3 is 5.63 Å². The number of nitrogens with zero attached hydrogens (tertiary/aromatic N) is 2. The number of aromatic nitrogens is 1. The molecule has 5 heteroatoms. The number of benzene rings is 3.